The Kier molecular flexibility index (Phi) is 2.93. The van der Waals surface area contributed by atoms with E-state index in [1.165, 1.54) is 11.3 Å². The Morgan fingerprint density at radius 3 is 3.00 bits per heavy atom. The molecule has 0 unspecified atom stereocenters. The molecule has 0 amide bonds. The maximum absolute atomic E-state index is 10.2. The molecular formula is C7H8N2O2S. The SMILES string of the molecule is CN=C(C[N+](=O)[O-])c1cccs1. The van der Waals surface area contributed by atoms with Crippen LogP contribution in [0.1, 0.15) is 4.88 Å². The average Bonchev–Trinajstić information content (AvgIpc) is 2.51. The summed E-state index contributed by atoms with van der Waals surface area (Å²) in [5, 5.41) is 12.1. The van der Waals surface area contributed by atoms with E-state index in [1.807, 2.05) is 17.5 Å². The molecule has 1 aromatic heterocycles. The molecule has 12 heavy (non-hydrogen) atoms. The second kappa shape index (κ2) is 3.96. The molecule has 1 aromatic rings. The van der Waals surface area contributed by atoms with E-state index in [-0.39, 0.29) is 11.5 Å². The molecule has 0 aliphatic heterocycles. The number of aliphatic imine (C=N–C) groups is 1. The first-order chi connectivity index (χ1) is 5.74. The van der Waals surface area contributed by atoms with Gasteiger partial charge in [-0.15, -0.1) is 11.3 Å². The lowest BCUT2D eigenvalue weighted by Gasteiger charge is -1.95. The molecule has 0 saturated heterocycles. The summed E-state index contributed by atoms with van der Waals surface area (Å²) in [6.45, 7) is -0.197. The fourth-order valence-electron chi connectivity index (χ4n) is 0.824. The largest absolute Gasteiger partial charge is 0.285 e. The molecule has 0 aliphatic rings. The van der Waals surface area contributed by atoms with Gasteiger partial charge in [-0.2, -0.15) is 0 Å². The van der Waals surface area contributed by atoms with E-state index in [0.717, 1.165) is 4.88 Å². The van der Waals surface area contributed by atoms with Gasteiger partial charge in [-0.05, 0) is 11.4 Å². The van der Waals surface area contributed by atoms with Gasteiger partial charge in [-0.1, -0.05) is 6.07 Å². The summed E-state index contributed by atoms with van der Waals surface area (Å²) in [6.07, 6.45) is 0. The molecule has 4 nitrogen and oxygen atoms in total. The predicted octanol–water partition coefficient (Wildman–Crippen LogP) is 1.44. The summed E-state index contributed by atoms with van der Waals surface area (Å²) in [7, 11) is 1.57. The minimum Gasteiger partial charge on any atom is -0.285 e. The van der Waals surface area contributed by atoms with E-state index in [4.69, 9.17) is 0 Å². The van der Waals surface area contributed by atoms with Gasteiger partial charge in [0, 0.05) is 12.0 Å². The zero-order valence-corrected chi connectivity index (χ0v) is 7.37. The fourth-order valence-corrected chi connectivity index (χ4v) is 1.58. The zero-order chi connectivity index (χ0) is 8.97. The fraction of sp³-hybridized carbons (Fsp3) is 0.286. The van der Waals surface area contributed by atoms with Crippen LogP contribution in [-0.2, 0) is 0 Å². The van der Waals surface area contributed by atoms with Crippen LogP contribution in [-0.4, -0.2) is 24.2 Å². The highest BCUT2D eigenvalue weighted by Gasteiger charge is 2.09. The molecule has 0 saturated carbocycles. The van der Waals surface area contributed by atoms with E-state index < -0.39 is 0 Å². The van der Waals surface area contributed by atoms with Crippen molar-refractivity contribution >= 4 is 17.0 Å². The van der Waals surface area contributed by atoms with Gasteiger partial charge < -0.3 is 0 Å². The van der Waals surface area contributed by atoms with Crippen molar-refractivity contribution in [1.82, 2.24) is 0 Å². The molecule has 0 aliphatic carbocycles. The molecule has 1 heterocycles. The van der Waals surface area contributed by atoms with Gasteiger partial charge in [0.15, 0.2) is 0 Å². The summed E-state index contributed by atoms with van der Waals surface area (Å²) in [6, 6.07) is 3.68. The highest BCUT2D eigenvalue weighted by Crippen LogP contribution is 2.09. The topological polar surface area (TPSA) is 55.5 Å². The van der Waals surface area contributed by atoms with Crippen LogP contribution in [0.4, 0.5) is 0 Å². The van der Waals surface area contributed by atoms with Crippen LogP contribution in [0, 0.1) is 10.1 Å². The molecule has 0 atom stereocenters. The number of thiophene rings is 1. The smallest absolute Gasteiger partial charge is 0.246 e. The first kappa shape index (κ1) is 8.86. The third-order valence-electron chi connectivity index (χ3n) is 1.35. The molecule has 0 bridgehead atoms. The van der Waals surface area contributed by atoms with Crippen LogP contribution >= 0.6 is 11.3 Å². The van der Waals surface area contributed by atoms with Crippen LogP contribution in [0.2, 0.25) is 0 Å². The number of rotatable bonds is 3. The normalized spacial score (nSPS) is 11.6. The van der Waals surface area contributed by atoms with Gasteiger partial charge in [0.2, 0.25) is 6.54 Å². The van der Waals surface area contributed by atoms with E-state index in [0.29, 0.717) is 5.71 Å². The quantitative estimate of drug-likeness (QED) is 0.405. The number of hydrogen-bond donors (Lipinski definition) is 0. The average molecular weight is 184 g/mol. The van der Waals surface area contributed by atoms with Crippen LogP contribution in [0.3, 0.4) is 0 Å². The van der Waals surface area contributed by atoms with Crippen molar-refractivity contribution in [2.45, 2.75) is 0 Å². The molecule has 0 radical (unpaired) electrons. The summed E-state index contributed by atoms with van der Waals surface area (Å²) >= 11 is 1.46. The Morgan fingerprint density at radius 2 is 2.58 bits per heavy atom. The maximum atomic E-state index is 10.2. The Balaban J connectivity index is 2.78. The monoisotopic (exact) mass is 184 g/mol. The number of nitro groups is 1. The van der Waals surface area contributed by atoms with Crippen LogP contribution < -0.4 is 0 Å². The second-order valence-corrected chi connectivity index (χ2v) is 3.09. The highest BCUT2D eigenvalue weighted by molar-refractivity contribution is 7.12. The highest BCUT2D eigenvalue weighted by atomic mass is 32.1. The molecule has 0 aromatic carbocycles. The van der Waals surface area contributed by atoms with E-state index in [9.17, 15) is 10.1 Å². The van der Waals surface area contributed by atoms with Gasteiger partial charge in [0.05, 0.1) is 4.88 Å². The molecule has 0 fully saturated rings. The van der Waals surface area contributed by atoms with Gasteiger partial charge in [0.25, 0.3) is 0 Å². The van der Waals surface area contributed by atoms with Gasteiger partial charge in [-0.3, -0.25) is 15.1 Å². The molecule has 64 valence electrons. The molecule has 1 rings (SSSR count). The number of nitrogens with zero attached hydrogens (tertiary/aromatic N) is 2. The third kappa shape index (κ3) is 2.13. The Labute approximate surface area is 73.7 Å². The molecule has 0 spiro atoms. The van der Waals surface area contributed by atoms with Crippen molar-refractivity contribution in [3.63, 3.8) is 0 Å². The van der Waals surface area contributed by atoms with E-state index in [2.05, 4.69) is 4.99 Å². The van der Waals surface area contributed by atoms with Gasteiger partial charge in [0.1, 0.15) is 5.71 Å². The van der Waals surface area contributed by atoms with Crippen molar-refractivity contribution in [3.8, 4) is 0 Å². The van der Waals surface area contributed by atoms with Crippen LogP contribution in [0.5, 0.6) is 0 Å². The predicted molar refractivity (Wildman–Crippen MR) is 48.6 cm³/mol. The minimum absolute atomic E-state index is 0.197. The van der Waals surface area contributed by atoms with Crippen molar-refractivity contribution in [3.05, 3.63) is 32.5 Å². The zero-order valence-electron chi connectivity index (χ0n) is 6.56. The second-order valence-electron chi connectivity index (χ2n) is 2.14. The first-order valence-corrected chi connectivity index (χ1v) is 4.23. The standard InChI is InChI=1S/C7H8N2O2S/c1-8-6(5-9(10)11)7-3-2-4-12-7/h2-4H,5H2,1H3. The summed E-state index contributed by atoms with van der Waals surface area (Å²) in [4.78, 5) is 14.5. The number of hydrogen-bond acceptors (Lipinski definition) is 4. The Hall–Kier alpha value is -1.23. The third-order valence-corrected chi connectivity index (χ3v) is 2.27. The Bertz CT molecular complexity index is 292. The molecular weight excluding hydrogens is 176 g/mol. The van der Waals surface area contributed by atoms with Crippen LogP contribution in [0.25, 0.3) is 0 Å². The lowest BCUT2D eigenvalue weighted by Crippen LogP contribution is -2.13. The Morgan fingerprint density at radius 1 is 1.83 bits per heavy atom. The van der Waals surface area contributed by atoms with Crippen LogP contribution in [0.15, 0.2) is 22.5 Å². The van der Waals surface area contributed by atoms with Crippen molar-refractivity contribution in [2.75, 3.05) is 13.6 Å². The summed E-state index contributed by atoms with van der Waals surface area (Å²) in [5.41, 5.74) is 0.537. The van der Waals surface area contributed by atoms with E-state index >= 15 is 0 Å². The lowest BCUT2D eigenvalue weighted by atomic mass is 10.3. The van der Waals surface area contributed by atoms with Crippen molar-refractivity contribution < 1.29 is 4.92 Å². The van der Waals surface area contributed by atoms with E-state index in [1.54, 1.807) is 7.05 Å². The van der Waals surface area contributed by atoms with Crippen molar-refractivity contribution in [1.29, 1.82) is 0 Å². The first-order valence-electron chi connectivity index (χ1n) is 3.35. The lowest BCUT2D eigenvalue weighted by molar-refractivity contribution is -0.462. The van der Waals surface area contributed by atoms with Gasteiger partial charge >= 0.3 is 0 Å². The summed E-state index contributed by atoms with van der Waals surface area (Å²) in [5.74, 6) is 0. The minimum atomic E-state index is -0.373. The summed E-state index contributed by atoms with van der Waals surface area (Å²) < 4.78 is 0. The maximum Gasteiger partial charge on any atom is 0.246 e. The molecule has 5 heteroatoms. The molecule has 0 N–H and O–H groups in total. The van der Waals surface area contributed by atoms with Gasteiger partial charge in [-0.25, -0.2) is 0 Å². The van der Waals surface area contributed by atoms with Crippen molar-refractivity contribution in [2.24, 2.45) is 4.99 Å².